The van der Waals surface area contributed by atoms with E-state index in [0.29, 0.717) is 4.57 Å². The van der Waals surface area contributed by atoms with Crippen molar-refractivity contribution in [3.63, 3.8) is 0 Å². The number of anilines is 2. The van der Waals surface area contributed by atoms with E-state index in [9.17, 15) is 28.5 Å². The van der Waals surface area contributed by atoms with Gasteiger partial charge in [-0.1, -0.05) is 0 Å². The average molecular weight is 659 g/mol. The second-order valence-electron chi connectivity index (χ2n) is 13.6. The Kier molecular flexibility index (Phi) is 9.02. The quantitative estimate of drug-likeness (QED) is 0.356. The van der Waals surface area contributed by atoms with Crippen molar-refractivity contribution in [2.24, 2.45) is 5.92 Å². The molecule has 1 N–H and O–H groups in total. The Labute approximate surface area is 259 Å². The van der Waals surface area contributed by atoms with Gasteiger partial charge in [0, 0.05) is 7.11 Å². The van der Waals surface area contributed by atoms with E-state index in [-0.39, 0.29) is 24.4 Å². The van der Waals surface area contributed by atoms with Gasteiger partial charge < -0.3 is 18.9 Å². The van der Waals surface area contributed by atoms with E-state index < -0.39 is 84.6 Å². The lowest BCUT2D eigenvalue weighted by Gasteiger charge is -2.48. The molecule has 3 aliphatic heterocycles. The fourth-order valence-corrected chi connectivity index (χ4v) is 5.82. The summed E-state index contributed by atoms with van der Waals surface area (Å²) in [6.07, 6.45) is -7.62. The summed E-state index contributed by atoms with van der Waals surface area (Å²) in [5.74, 6) is -2.89. The summed E-state index contributed by atoms with van der Waals surface area (Å²) < 4.78 is 50.9. The highest BCUT2D eigenvalue weighted by molar-refractivity contribution is 7.48. The number of phosphoric ester groups is 1. The van der Waals surface area contributed by atoms with Gasteiger partial charge in [-0.05, 0) is 68.7 Å². The number of rotatable bonds is 2. The number of hydrogen-bond acceptors (Lipinski definition) is 14. The summed E-state index contributed by atoms with van der Waals surface area (Å²) >= 11 is 0. The van der Waals surface area contributed by atoms with Crippen LogP contribution in [0.3, 0.4) is 0 Å². The molecule has 0 saturated carbocycles. The number of nitrogens with zero attached hydrogens (tertiary/aromatic N) is 3. The van der Waals surface area contributed by atoms with Crippen molar-refractivity contribution >= 4 is 43.7 Å². The number of hydrogen-bond donors (Lipinski definition) is 1. The zero-order valence-electron chi connectivity index (χ0n) is 26.8. The molecule has 2 fully saturated rings. The van der Waals surface area contributed by atoms with E-state index >= 15 is 0 Å². The van der Waals surface area contributed by atoms with Crippen molar-refractivity contribution in [3.8, 4) is 0 Å². The molecule has 4 heterocycles. The van der Waals surface area contributed by atoms with Gasteiger partial charge in [0.15, 0.2) is 23.9 Å². The van der Waals surface area contributed by atoms with Crippen LogP contribution < -0.4 is 15.8 Å². The minimum Gasteiger partial charge on any atom is -0.444 e. The van der Waals surface area contributed by atoms with Crippen LogP contribution in [0.4, 0.5) is 26.1 Å². The van der Waals surface area contributed by atoms with E-state index in [4.69, 9.17) is 32.5 Å². The lowest BCUT2D eigenvalue weighted by molar-refractivity contribution is -0.184. The summed E-state index contributed by atoms with van der Waals surface area (Å²) in [5, 5.41) is 2.29. The Bertz CT molecular complexity index is 1500. The second-order valence-corrected chi connectivity index (χ2v) is 15.3. The van der Waals surface area contributed by atoms with Crippen LogP contribution in [0.2, 0.25) is 0 Å². The maximum atomic E-state index is 14.1. The molecule has 17 nitrogen and oxygen atoms in total. The smallest absolute Gasteiger partial charge is 0.444 e. The van der Waals surface area contributed by atoms with Gasteiger partial charge in [0.2, 0.25) is 5.95 Å². The van der Waals surface area contributed by atoms with Crippen molar-refractivity contribution in [3.05, 3.63) is 15.9 Å². The fraction of sp³-hybridized carbons (Fsp3) is 0.704. The van der Waals surface area contributed by atoms with Crippen molar-refractivity contribution in [2.75, 3.05) is 23.9 Å². The molecule has 0 radical (unpaired) electrons. The van der Waals surface area contributed by atoms with Crippen LogP contribution in [0.1, 0.15) is 67.9 Å². The molecule has 5 unspecified atom stereocenters. The van der Waals surface area contributed by atoms with Crippen molar-refractivity contribution in [1.29, 1.82) is 0 Å². The van der Waals surface area contributed by atoms with Crippen LogP contribution in [0.5, 0.6) is 0 Å². The molecule has 0 aliphatic carbocycles. The third-order valence-corrected chi connectivity index (χ3v) is 7.74. The molecular formula is C27H39N4O13P. The van der Waals surface area contributed by atoms with E-state index in [0.717, 1.165) is 12.0 Å². The summed E-state index contributed by atoms with van der Waals surface area (Å²) in [6.45, 7) is 13.9. The number of aromatic nitrogens is 2. The number of ketones is 1. The van der Waals surface area contributed by atoms with Crippen molar-refractivity contribution in [1.82, 2.24) is 9.55 Å². The fourth-order valence-electron chi connectivity index (χ4n) is 4.72. The summed E-state index contributed by atoms with van der Waals surface area (Å²) in [4.78, 5) is 73.0. The van der Waals surface area contributed by atoms with Gasteiger partial charge in [0.25, 0.3) is 5.56 Å². The number of ether oxygens (including phenoxy) is 4. The minimum absolute atomic E-state index is 0.264. The number of nitrogens with one attached hydrogen (secondary N) is 1. The van der Waals surface area contributed by atoms with Gasteiger partial charge in [0.1, 0.15) is 22.9 Å². The van der Waals surface area contributed by atoms with E-state index in [2.05, 4.69) is 10.3 Å². The normalized spacial score (nSPS) is 26.6. The molecule has 0 spiro atoms. The molecule has 45 heavy (non-hydrogen) atoms. The van der Waals surface area contributed by atoms with Crippen LogP contribution in [-0.2, 0) is 48.3 Å². The van der Waals surface area contributed by atoms with Crippen molar-refractivity contribution < 1.29 is 56.3 Å². The summed E-state index contributed by atoms with van der Waals surface area (Å²) in [7, 11) is -2.99. The molecule has 2 amide bonds. The lowest BCUT2D eigenvalue weighted by Crippen LogP contribution is -2.64. The summed E-state index contributed by atoms with van der Waals surface area (Å²) in [6, 6.07) is 0. The SMILES string of the molecule is COP1(=O)OCC2OC3C(Cc4c(nc(NC(=O)OC(C)(C)C)n(C(=O)OC(C)(C)C)c4=O)N3C(=O)OC(C)(C)C)C(=O)C2O1. The number of Topliss-reactive ketones (excluding diaryl/α,β-unsaturated/α-hetero) is 1. The average Bonchev–Trinajstić information content (AvgIpc) is 2.85. The highest BCUT2D eigenvalue weighted by Crippen LogP contribution is 2.55. The first-order chi connectivity index (χ1) is 20.5. The molecule has 1 aromatic heterocycles. The number of carbonyl (C=O) groups excluding carboxylic acids is 4. The third-order valence-electron chi connectivity index (χ3n) is 6.35. The monoisotopic (exact) mass is 658 g/mol. The first kappa shape index (κ1) is 34.5. The summed E-state index contributed by atoms with van der Waals surface area (Å²) in [5.41, 5.74) is -4.38. The Balaban J connectivity index is 1.90. The highest BCUT2D eigenvalue weighted by atomic mass is 31.2. The Morgan fingerprint density at radius 1 is 0.933 bits per heavy atom. The van der Waals surface area contributed by atoms with Crippen LogP contribution >= 0.6 is 7.82 Å². The molecular weight excluding hydrogens is 619 g/mol. The van der Waals surface area contributed by atoms with E-state index in [1.807, 2.05) is 0 Å². The Morgan fingerprint density at radius 3 is 2.07 bits per heavy atom. The van der Waals surface area contributed by atoms with Gasteiger partial charge in [-0.2, -0.15) is 9.55 Å². The molecule has 3 aliphatic rings. The second kappa shape index (κ2) is 11.8. The molecule has 4 rings (SSSR count). The van der Waals surface area contributed by atoms with Gasteiger partial charge >= 0.3 is 26.1 Å². The molecule has 250 valence electrons. The van der Waals surface area contributed by atoms with Gasteiger partial charge in [-0.25, -0.2) is 23.8 Å². The number of carbonyl (C=O) groups is 4. The number of amides is 2. The van der Waals surface area contributed by atoms with Crippen molar-refractivity contribution in [2.45, 2.75) is 104 Å². The minimum atomic E-state index is -4.08. The van der Waals surface area contributed by atoms with Gasteiger partial charge in [0.05, 0.1) is 18.1 Å². The first-order valence-corrected chi connectivity index (χ1v) is 15.6. The highest BCUT2D eigenvalue weighted by Gasteiger charge is 2.57. The number of fused-ring (bicyclic) bond motifs is 3. The zero-order valence-corrected chi connectivity index (χ0v) is 27.7. The van der Waals surface area contributed by atoms with Crippen LogP contribution in [-0.4, -0.2) is 82.6 Å². The molecule has 0 bridgehead atoms. The molecule has 0 aromatic carbocycles. The zero-order chi connectivity index (χ0) is 33.9. The first-order valence-electron chi connectivity index (χ1n) is 14.1. The standard InChI is InChI=1S/C27H39N4O13P/c1-25(2,3)41-22(34)29-21-28-18-14(19(33)31(21)24(36)43-27(7,8)9)11-13-16(32)17-15(12-39-45(37,38-10)44-17)40-20(13)30(18)23(35)42-26(4,5)6/h13,15,17,20H,11-12H2,1-10H3,(H,28,29,34). The number of phosphoric acid groups is 1. The Morgan fingerprint density at radius 2 is 1.51 bits per heavy atom. The van der Waals surface area contributed by atoms with E-state index in [1.165, 1.54) is 0 Å². The van der Waals surface area contributed by atoms with Crippen LogP contribution in [0.15, 0.2) is 4.79 Å². The van der Waals surface area contributed by atoms with E-state index in [1.54, 1.807) is 62.3 Å². The van der Waals surface area contributed by atoms with Crippen LogP contribution in [0, 0.1) is 5.92 Å². The maximum absolute atomic E-state index is 14.1. The Hall–Kier alpha value is -3.37. The maximum Gasteiger partial charge on any atom is 0.475 e. The lowest BCUT2D eigenvalue weighted by atomic mass is 9.84. The molecule has 2 saturated heterocycles. The largest absolute Gasteiger partial charge is 0.475 e. The predicted molar refractivity (Wildman–Crippen MR) is 155 cm³/mol. The van der Waals surface area contributed by atoms with Gasteiger partial charge in [-0.15, -0.1) is 0 Å². The molecule has 1 aromatic rings. The molecule has 18 heteroatoms. The topological polar surface area (TPSA) is 200 Å². The van der Waals surface area contributed by atoms with Crippen LogP contribution in [0.25, 0.3) is 0 Å². The molecule has 5 atom stereocenters. The van der Waals surface area contributed by atoms with Gasteiger partial charge in [-0.3, -0.25) is 28.5 Å². The third kappa shape index (κ3) is 7.55. The predicted octanol–water partition coefficient (Wildman–Crippen LogP) is 3.75.